The number of fused-ring (bicyclic) bond motifs is 1. The molecule has 1 fully saturated rings. The highest BCUT2D eigenvalue weighted by atomic mass is 15.2. The monoisotopic (exact) mass is 333 g/mol. The summed E-state index contributed by atoms with van der Waals surface area (Å²) < 4.78 is 2.35. The maximum absolute atomic E-state index is 4.50. The minimum atomic E-state index is 0.760. The molecule has 1 atom stereocenters. The van der Waals surface area contributed by atoms with E-state index >= 15 is 0 Å². The van der Waals surface area contributed by atoms with E-state index in [9.17, 15) is 0 Å². The molecule has 0 N–H and O–H groups in total. The maximum Gasteiger partial charge on any atom is 0.0480 e. The van der Waals surface area contributed by atoms with E-state index in [1.165, 1.54) is 48.1 Å². The number of rotatable bonds is 4. The fraction of sp³-hybridized carbons (Fsp3) is 0.409. The summed E-state index contributed by atoms with van der Waals surface area (Å²) in [7, 11) is 2.19. The summed E-state index contributed by atoms with van der Waals surface area (Å²) in [5.41, 5.74) is 6.47. The van der Waals surface area contributed by atoms with Gasteiger partial charge in [0.25, 0.3) is 0 Å². The quantitative estimate of drug-likeness (QED) is 0.711. The molecule has 25 heavy (non-hydrogen) atoms. The van der Waals surface area contributed by atoms with Crippen LogP contribution < -0.4 is 0 Å². The van der Waals surface area contributed by atoms with Crippen LogP contribution in [0.2, 0.25) is 0 Å². The summed E-state index contributed by atoms with van der Waals surface area (Å²) in [6.07, 6.45) is 2.47. The molecule has 1 aromatic carbocycles. The van der Waals surface area contributed by atoms with Crippen LogP contribution >= 0.6 is 0 Å². The van der Waals surface area contributed by atoms with Crippen molar-refractivity contribution in [3.8, 4) is 0 Å². The molecule has 2 aromatic heterocycles. The van der Waals surface area contributed by atoms with Gasteiger partial charge in [-0.05, 0) is 74.4 Å². The molecule has 0 amide bonds. The number of nitrogens with zero attached hydrogens (tertiary/aromatic N) is 3. The van der Waals surface area contributed by atoms with E-state index in [1.807, 2.05) is 0 Å². The van der Waals surface area contributed by atoms with E-state index in [2.05, 4.69) is 77.8 Å². The lowest BCUT2D eigenvalue weighted by atomic mass is 9.98. The molecule has 3 aromatic rings. The zero-order valence-corrected chi connectivity index (χ0v) is 15.5. The van der Waals surface area contributed by atoms with E-state index in [4.69, 9.17) is 0 Å². The van der Waals surface area contributed by atoms with Crippen molar-refractivity contribution in [3.63, 3.8) is 0 Å². The van der Waals surface area contributed by atoms with Gasteiger partial charge in [0.05, 0.1) is 0 Å². The zero-order chi connectivity index (χ0) is 17.4. The van der Waals surface area contributed by atoms with Gasteiger partial charge in [0.2, 0.25) is 0 Å². The Morgan fingerprint density at radius 1 is 1.08 bits per heavy atom. The summed E-state index contributed by atoms with van der Waals surface area (Å²) in [6, 6.07) is 15.5. The Bertz CT molecular complexity index is 873. The van der Waals surface area contributed by atoms with E-state index in [-0.39, 0.29) is 0 Å². The zero-order valence-electron chi connectivity index (χ0n) is 15.5. The van der Waals surface area contributed by atoms with Crippen molar-refractivity contribution >= 4 is 10.9 Å². The van der Waals surface area contributed by atoms with Crippen molar-refractivity contribution in [2.45, 2.75) is 33.2 Å². The van der Waals surface area contributed by atoms with Gasteiger partial charge in [-0.2, -0.15) is 0 Å². The van der Waals surface area contributed by atoms with Gasteiger partial charge in [0.15, 0.2) is 0 Å². The van der Waals surface area contributed by atoms with Crippen LogP contribution in [0.4, 0.5) is 0 Å². The highest BCUT2D eigenvalue weighted by Crippen LogP contribution is 2.25. The van der Waals surface area contributed by atoms with Crippen molar-refractivity contribution in [3.05, 3.63) is 65.1 Å². The third kappa shape index (κ3) is 3.47. The Morgan fingerprint density at radius 2 is 1.84 bits per heavy atom. The van der Waals surface area contributed by atoms with Gasteiger partial charge >= 0.3 is 0 Å². The first kappa shape index (κ1) is 16.3. The van der Waals surface area contributed by atoms with Gasteiger partial charge in [-0.1, -0.05) is 18.2 Å². The Hall–Kier alpha value is -2.13. The van der Waals surface area contributed by atoms with Crippen molar-refractivity contribution in [2.75, 3.05) is 13.1 Å². The number of para-hydroxylation sites is 1. The molecule has 0 radical (unpaired) electrons. The van der Waals surface area contributed by atoms with E-state index in [0.717, 1.165) is 23.9 Å². The Morgan fingerprint density at radius 3 is 2.60 bits per heavy atom. The molecule has 130 valence electrons. The molecule has 3 heterocycles. The molecule has 1 aliphatic heterocycles. The minimum absolute atomic E-state index is 0.760. The lowest BCUT2D eigenvalue weighted by molar-refractivity contribution is 0.309. The molecule has 1 aliphatic rings. The second kappa shape index (κ2) is 6.64. The lowest BCUT2D eigenvalue weighted by Crippen LogP contribution is -2.22. The van der Waals surface area contributed by atoms with Crippen LogP contribution in [-0.2, 0) is 20.0 Å². The average molecular weight is 333 g/mol. The molecule has 0 aliphatic carbocycles. The van der Waals surface area contributed by atoms with Gasteiger partial charge in [-0.15, -0.1) is 0 Å². The fourth-order valence-electron chi connectivity index (χ4n) is 4.32. The Balaban J connectivity index is 1.42. The Labute approximate surface area is 150 Å². The van der Waals surface area contributed by atoms with Crippen molar-refractivity contribution in [1.82, 2.24) is 14.5 Å². The molecule has 1 unspecified atom stereocenters. The maximum atomic E-state index is 4.50. The SMILES string of the molecule is Cc1cc(CC2CCN(Cc3cc4ccccc4n3C)C2)cc(C)n1. The summed E-state index contributed by atoms with van der Waals surface area (Å²) in [5, 5.41) is 1.35. The first-order valence-corrected chi connectivity index (χ1v) is 9.28. The van der Waals surface area contributed by atoms with Crippen molar-refractivity contribution in [1.29, 1.82) is 0 Å². The predicted octanol–water partition coefficient (Wildman–Crippen LogP) is 4.25. The number of aryl methyl sites for hydroxylation is 3. The lowest BCUT2D eigenvalue weighted by Gasteiger charge is -2.17. The second-order valence-corrected chi connectivity index (χ2v) is 7.61. The third-order valence-electron chi connectivity index (χ3n) is 5.47. The van der Waals surface area contributed by atoms with Crippen LogP contribution in [0.25, 0.3) is 10.9 Å². The van der Waals surface area contributed by atoms with E-state index in [1.54, 1.807) is 0 Å². The standard InChI is InChI=1S/C22H27N3/c1-16-10-19(11-17(2)23-16)12-18-8-9-25(14-18)15-21-13-20-6-4-5-7-22(20)24(21)3/h4-7,10-11,13,18H,8-9,12,14-15H2,1-3H3. The molecule has 4 rings (SSSR count). The molecule has 1 saturated heterocycles. The normalized spacial score (nSPS) is 18.3. The van der Waals surface area contributed by atoms with Crippen LogP contribution in [0.1, 0.15) is 29.1 Å². The smallest absolute Gasteiger partial charge is 0.0480 e. The van der Waals surface area contributed by atoms with Crippen LogP contribution in [0.15, 0.2) is 42.5 Å². The third-order valence-corrected chi connectivity index (χ3v) is 5.47. The predicted molar refractivity (Wildman–Crippen MR) is 104 cm³/mol. The summed E-state index contributed by atoms with van der Waals surface area (Å²) >= 11 is 0. The van der Waals surface area contributed by atoms with Crippen molar-refractivity contribution in [2.24, 2.45) is 13.0 Å². The van der Waals surface area contributed by atoms with Gasteiger partial charge in [-0.25, -0.2) is 0 Å². The summed E-state index contributed by atoms with van der Waals surface area (Å²) in [6.45, 7) is 7.64. The molecular weight excluding hydrogens is 306 g/mol. The van der Waals surface area contributed by atoms with Crippen LogP contribution in [0, 0.1) is 19.8 Å². The number of hydrogen-bond acceptors (Lipinski definition) is 2. The van der Waals surface area contributed by atoms with Gasteiger partial charge in [0, 0.05) is 42.7 Å². The van der Waals surface area contributed by atoms with Crippen LogP contribution in [0.3, 0.4) is 0 Å². The average Bonchev–Trinajstić information content (AvgIpc) is 3.12. The molecule has 0 bridgehead atoms. The molecule has 0 spiro atoms. The number of pyridine rings is 1. The number of aromatic nitrogens is 2. The molecular formula is C22H27N3. The topological polar surface area (TPSA) is 21.1 Å². The number of benzene rings is 1. The summed E-state index contributed by atoms with van der Waals surface area (Å²) in [5.74, 6) is 0.760. The van der Waals surface area contributed by atoms with E-state index in [0.29, 0.717) is 0 Å². The molecule has 3 heteroatoms. The van der Waals surface area contributed by atoms with Gasteiger partial charge < -0.3 is 4.57 Å². The molecule has 0 saturated carbocycles. The van der Waals surface area contributed by atoms with Crippen molar-refractivity contribution < 1.29 is 0 Å². The first-order valence-electron chi connectivity index (χ1n) is 9.28. The molecule has 3 nitrogen and oxygen atoms in total. The van der Waals surface area contributed by atoms with E-state index < -0.39 is 0 Å². The largest absolute Gasteiger partial charge is 0.346 e. The first-order chi connectivity index (χ1) is 12.1. The summed E-state index contributed by atoms with van der Waals surface area (Å²) in [4.78, 5) is 7.11. The van der Waals surface area contributed by atoms with Crippen LogP contribution in [0.5, 0.6) is 0 Å². The highest BCUT2D eigenvalue weighted by Gasteiger charge is 2.23. The number of likely N-dealkylation sites (tertiary alicyclic amines) is 1. The fourth-order valence-corrected chi connectivity index (χ4v) is 4.32. The van der Waals surface area contributed by atoms with Gasteiger partial charge in [0.1, 0.15) is 0 Å². The second-order valence-electron chi connectivity index (χ2n) is 7.61. The van der Waals surface area contributed by atoms with Crippen LogP contribution in [-0.4, -0.2) is 27.5 Å². The number of hydrogen-bond donors (Lipinski definition) is 0. The highest BCUT2D eigenvalue weighted by molar-refractivity contribution is 5.81. The van der Waals surface area contributed by atoms with Gasteiger partial charge in [-0.3, -0.25) is 9.88 Å². The minimum Gasteiger partial charge on any atom is -0.346 e. The Kier molecular flexibility index (Phi) is 4.34.